The van der Waals surface area contributed by atoms with Crippen molar-refractivity contribution in [2.24, 2.45) is 0 Å². The van der Waals surface area contributed by atoms with Gasteiger partial charge in [-0.3, -0.25) is 4.79 Å². The zero-order valence-electron chi connectivity index (χ0n) is 11.5. The van der Waals surface area contributed by atoms with Gasteiger partial charge in [0.05, 0.1) is 15.8 Å². The van der Waals surface area contributed by atoms with Gasteiger partial charge in [-0.1, -0.05) is 16.8 Å². The molecule has 0 spiro atoms. The van der Waals surface area contributed by atoms with Crippen LogP contribution in [-0.2, 0) is 4.74 Å². The van der Waals surface area contributed by atoms with E-state index < -0.39 is 0 Å². The molecular weight excluding hydrogens is 314 g/mol. The maximum Gasteiger partial charge on any atom is 0.273 e. The summed E-state index contributed by atoms with van der Waals surface area (Å²) in [6.07, 6.45) is 0. The predicted octanol–water partition coefficient (Wildman–Crippen LogP) is 2.02. The summed E-state index contributed by atoms with van der Waals surface area (Å²) >= 11 is 7.23. The van der Waals surface area contributed by atoms with E-state index >= 15 is 0 Å². The van der Waals surface area contributed by atoms with Gasteiger partial charge < -0.3 is 19.9 Å². The Bertz CT molecular complexity index is 585. The first kappa shape index (κ1) is 16.0. The molecule has 0 aliphatic heterocycles. The Labute approximate surface area is 131 Å². The van der Waals surface area contributed by atoms with E-state index in [1.54, 1.807) is 19.2 Å². The largest absolute Gasteiger partial charge is 0.383 e. The van der Waals surface area contributed by atoms with Crippen LogP contribution in [0.1, 0.15) is 10.5 Å². The average molecular weight is 330 g/mol. The Balaban J connectivity index is 1.79. The molecule has 2 heterocycles. The van der Waals surface area contributed by atoms with Gasteiger partial charge in [0.25, 0.3) is 5.91 Å². The highest BCUT2D eigenvalue weighted by Gasteiger charge is 2.14. The highest BCUT2D eigenvalue weighted by molar-refractivity contribution is 7.19. The third kappa shape index (κ3) is 4.82. The van der Waals surface area contributed by atoms with Crippen LogP contribution in [0, 0.1) is 0 Å². The number of amides is 1. The fourth-order valence-corrected chi connectivity index (χ4v) is 2.59. The molecule has 0 aliphatic carbocycles. The van der Waals surface area contributed by atoms with Gasteiger partial charge in [-0.2, -0.15) is 0 Å². The van der Waals surface area contributed by atoms with Gasteiger partial charge in [-0.05, 0) is 12.1 Å². The molecule has 1 amide bonds. The van der Waals surface area contributed by atoms with Gasteiger partial charge in [-0.15, -0.1) is 11.3 Å². The molecule has 0 saturated carbocycles. The van der Waals surface area contributed by atoms with Crippen LogP contribution < -0.4 is 10.6 Å². The Kier molecular flexibility index (Phi) is 6.19. The highest BCUT2D eigenvalue weighted by Crippen LogP contribution is 2.31. The highest BCUT2D eigenvalue weighted by atomic mass is 35.5. The molecule has 2 aromatic rings. The van der Waals surface area contributed by atoms with E-state index in [-0.39, 0.29) is 11.6 Å². The van der Waals surface area contributed by atoms with Crippen LogP contribution in [0.2, 0.25) is 4.34 Å². The lowest BCUT2D eigenvalue weighted by atomic mass is 10.3. The minimum absolute atomic E-state index is 0.256. The molecule has 0 fully saturated rings. The zero-order chi connectivity index (χ0) is 15.1. The van der Waals surface area contributed by atoms with Crippen molar-refractivity contribution in [1.29, 1.82) is 0 Å². The fraction of sp³-hybridized carbons (Fsp3) is 0.385. The molecule has 0 radical (unpaired) electrons. The Hall–Kier alpha value is -1.41. The number of nitrogens with zero attached hydrogens (tertiary/aromatic N) is 1. The van der Waals surface area contributed by atoms with Crippen LogP contribution in [0.5, 0.6) is 0 Å². The van der Waals surface area contributed by atoms with E-state index in [1.165, 1.54) is 11.3 Å². The van der Waals surface area contributed by atoms with Crippen molar-refractivity contribution in [3.63, 3.8) is 0 Å². The van der Waals surface area contributed by atoms with Gasteiger partial charge in [0.2, 0.25) is 0 Å². The predicted molar refractivity (Wildman–Crippen MR) is 81.9 cm³/mol. The van der Waals surface area contributed by atoms with E-state index in [4.69, 9.17) is 20.9 Å². The lowest BCUT2D eigenvalue weighted by Crippen LogP contribution is -2.33. The van der Waals surface area contributed by atoms with Gasteiger partial charge in [-0.25, -0.2) is 0 Å². The smallest absolute Gasteiger partial charge is 0.273 e. The zero-order valence-corrected chi connectivity index (χ0v) is 13.1. The first-order chi connectivity index (χ1) is 10.2. The summed E-state index contributed by atoms with van der Waals surface area (Å²) in [5, 5.41) is 9.66. The number of hydrogen-bond donors (Lipinski definition) is 2. The first-order valence-corrected chi connectivity index (χ1v) is 7.60. The quantitative estimate of drug-likeness (QED) is 0.725. The molecule has 2 rings (SSSR count). The number of nitrogens with one attached hydrogen (secondary N) is 2. The summed E-state index contributed by atoms with van der Waals surface area (Å²) in [7, 11) is 1.65. The van der Waals surface area contributed by atoms with Crippen molar-refractivity contribution in [3.05, 3.63) is 28.2 Å². The normalized spacial score (nSPS) is 10.8. The molecule has 0 unspecified atom stereocenters. The van der Waals surface area contributed by atoms with Crippen molar-refractivity contribution >= 4 is 28.8 Å². The summed E-state index contributed by atoms with van der Waals surface area (Å²) in [5.74, 6) is 0.275. The maximum absolute atomic E-state index is 11.9. The molecule has 8 heteroatoms. The van der Waals surface area contributed by atoms with Crippen molar-refractivity contribution in [2.45, 2.75) is 0 Å². The standard InChI is InChI=1S/C13H16ClN3O3S/c1-19-7-6-15-4-5-16-13(18)9-8-10(20-17-9)11-2-3-12(14)21-11/h2-3,8,15H,4-7H2,1H3,(H,16,18). The number of carbonyl (C=O) groups is 1. The molecule has 0 aromatic carbocycles. The van der Waals surface area contributed by atoms with E-state index in [1.807, 2.05) is 6.07 Å². The molecule has 0 saturated heterocycles. The molecule has 2 N–H and O–H groups in total. The number of aromatic nitrogens is 1. The third-order valence-electron chi connectivity index (χ3n) is 2.63. The number of ether oxygens (including phenoxy) is 1. The molecule has 114 valence electrons. The molecule has 2 aromatic heterocycles. The van der Waals surface area contributed by atoms with E-state index in [2.05, 4.69) is 15.8 Å². The van der Waals surface area contributed by atoms with Crippen molar-refractivity contribution in [1.82, 2.24) is 15.8 Å². The van der Waals surface area contributed by atoms with E-state index in [9.17, 15) is 4.79 Å². The SMILES string of the molecule is COCCNCCNC(=O)c1cc(-c2ccc(Cl)s2)on1. The average Bonchev–Trinajstić information content (AvgIpc) is 3.11. The van der Waals surface area contributed by atoms with Crippen LogP contribution in [0.15, 0.2) is 22.7 Å². The van der Waals surface area contributed by atoms with Gasteiger partial charge in [0, 0.05) is 32.8 Å². The van der Waals surface area contributed by atoms with Crippen molar-refractivity contribution in [2.75, 3.05) is 33.4 Å². The molecule has 21 heavy (non-hydrogen) atoms. The lowest BCUT2D eigenvalue weighted by molar-refractivity contribution is 0.0944. The number of hydrogen-bond acceptors (Lipinski definition) is 6. The topological polar surface area (TPSA) is 76.4 Å². The summed E-state index contributed by atoms with van der Waals surface area (Å²) in [4.78, 5) is 12.7. The van der Waals surface area contributed by atoms with Gasteiger partial charge in [0.15, 0.2) is 11.5 Å². The Morgan fingerprint density at radius 3 is 3.00 bits per heavy atom. The molecule has 0 aliphatic rings. The van der Waals surface area contributed by atoms with E-state index in [0.29, 0.717) is 29.8 Å². The van der Waals surface area contributed by atoms with Crippen LogP contribution in [0.3, 0.4) is 0 Å². The van der Waals surface area contributed by atoms with Gasteiger partial charge >= 0.3 is 0 Å². The summed E-state index contributed by atoms with van der Waals surface area (Å²) in [6, 6.07) is 5.21. The fourth-order valence-electron chi connectivity index (χ4n) is 1.60. The van der Waals surface area contributed by atoms with Crippen molar-refractivity contribution in [3.8, 4) is 10.6 Å². The van der Waals surface area contributed by atoms with Crippen LogP contribution >= 0.6 is 22.9 Å². The number of halogens is 1. The van der Waals surface area contributed by atoms with Gasteiger partial charge in [0.1, 0.15) is 0 Å². The van der Waals surface area contributed by atoms with Crippen LogP contribution in [0.4, 0.5) is 0 Å². The van der Waals surface area contributed by atoms with Crippen LogP contribution in [0.25, 0.3) is 10.6 Å². The minimum atomic E-state index is -0.263. The summed E-state index contributed by atoms with van der Waals surface area (Å²) in [5.41, 5.74) is 0.256. The first-order valence-electron chi connectivity index (χ1n) is 6.41. The second-order valence-electron chi connectivity index (χ2n) is 4.18. The molecule has 6 nitrogen and oxygen atoms in total. The second kappa shape index (κ2) is 8.14. The molecule has 0 atom stereocenters. The number of rotatable bonds is 8. The summed E-state index contributed by atoms with van der Waals surface area (Å²) in [6.45, 7) is 2.57. The maximum atomic E-state index is 11.9. The molecular formula is C13H16ClN3O3S. The number of thiophene rings is 1. The second-order valence-corrected chi connectivity index (χ2v) is 5.89. The minimum Gasteiger partial charge on any atom is -0.383 e. The number of methoxy groups -OCH3 is 1. The molecule has 0 bridgehead atoms. The Morgan fingerprint density at radius 1 is 1.43 bits per heavy atom. The van der Waals surface area contributed by atoms with E-state index in [0.717, 1.165) is 11.4 Å². The summed E-state index contributed by atoms with van der Waals surface area (Å²) < 4.78 is 10.7. The lowest BCUT2D eigenvalue weighted by Gasteiger charge is -2.04. The van der Waals surface area contributed by atoms with Crippen molar-refractivity contribution < 1.29 is 14.1 Å². The van der Waals surface area contributed by atoms with Crippen LogP contribution in [-0.4, -0.2) is 44.4 Å². The number of carbonyl (C=O) groups excluding carboxylic acids is 1. The monoisotopic (exact) mass is 329 g/mol. The third-order valence-corrected chi connectivity index (χ3v) is 3.87. The Morgan fingerprint density at radius 2 is 2.29 bits per heavy atom.